The lowest BCUT2D eigenvalue weighted by Gasteiger charge is -2.17. The maximum Gasteiger partial charge on any atom is 0.233 e. The normalized spacial score (nSPS) is 12.2. The zero-order chi connectivity index (χ0) is 22.8. The third-order valence-electron chi connectivity index (χ3n) is 4.18. The van der Waals surface area contributed by atoms with Crippen LogP contribution in [0.15, 0.2) is 0 Å². The van der Waals surface area contributed by atoms with Gasteiger partial charge in [-0.3, -0.25) is 14.4 Å². The van der Waals surface area contributed by atoms with Gasteiger partial charge in [-0.15, -0.1) is 11.8 Å². The quantitative estimate of drug-likeness (QED) is 0.296. The Morgan fingerprint density at radius 3 is 2.23 bits per heavy atom. The Labute approximate surface area is 186 Å². The van der Waals surface area contributed by atoms with Crippen molar-refractivity contribution in [3.8, 4) is 0 Å². The zero-order valence-electron chi connectivity index (χ0n) is 19.5. The molecule has 8 heteroatoms. The Bertz CT molecular complexity index is 486. The molecule has 0 fully saturated rings. The number of hydrogen-bond donors (Lipinski definition) is 2. The number of hydrogen-bond acceptors (Lipinski definition) is 6. The number of nitrogens with one attached hydrogen (secondary N) is 2. The van der Waals surface area contributed by atoms with Gasteiger partial charge in [0, 0.05) is 50.8 Å². The summed E-state index contributed by atoms with van der Waals surface area (Å²) in [6.07, 6.45) is 2.55. The second kappa shape index (κ2) is 18.6. The van der Waals surface area contributed by atoms with Crippen molar-refractivity contribution in [1.29, 1.82) is 0 Å². The summed E-state index contributed by atoms with van der Waals surface area (Å²) in [5.41, 5.74) is 0. The smallest absolute Gasteiger partial charge is 0.233 e. The average Bonchev–Trinajstić information content (AvgIpc) is 2.68. The molecule has 1 atom stereocenters. The van der Waals surface area contributed by atoms with E-state index >= 15 is 0 Å². The van der Waals surface area contributed by atoms with Crippen molar-refractivity contribution in [3.63, 3.8) is 0 Å². The van der Waals surface area contributed by atoms with Crippen molar-refractivity contribution in [2.75, 3.05) is 45.3 Å². The Hall–Kier alpha value is -1.12. The van der Waals surface area contributed by atoms with Gasteiger partial charge >= 0.3 is 0 Å². The molecule has 7 nitrogen and oxygen atoms in total. The fraction of sp³-hybridized carbons (Fsp3) is 0.864. The number of Topliss-reactive ketones (excluding diaryl/α,β-unsaturated/α-hetero) is 1. The number of amides is 2. The predicted octanol–water partition coefficient (Wildman–Crippen LogP) is 2.82. The molecule has 0 aromatic carbocycles. The van der Waals surface area contributed by atoms with Crippen LogP contribution in [0.5, 0.6) is 0 Å². The standard InChI is InChI=1S/C22H42N2O5S/c1-6-7-11-28-12-9-23-21(26)15-20(30-14-8-19(25)18(4)5)22(27)24-10-13-29-16-17(2)3/h17-18,20H,6-16H2,1-5H3,(H,23,26)(H,24,27). The lowest BCUT2D eigenvalue weighted by atomic mass is 10.1. The number of rotatable bonds is 19. The van der Waals surface area contributed by atoms with E-state index in [2.05, 4.69) is 31.4 Å². The SMILES string of the molecule is CCCCOCCNC(=O)CC(SCCC(=O)C(C)C)C(=O)NCCOCC(C)C. The van der Waals surface area contributed by atoms with E-state index in [0.29, 0.717) is 57.6 Å². The lowest BCUT2D eigenvalue weighted by molar-refractivity contribution is -0.126. The maximum atomic E-state index is 12.6. The molecule has 30 heavy (non-hydrogen) atoms. The molecule has 0 bridgehead atoms. The van der Waals surface area contributed by atoms with Crippen LogP contribution in [0.3, 0.4) is 0 Å². The number of carbonyl (C=O) groups excluding carboxylic acids is 3. The van der Waals surface area contributed by atoms with Crippen molar-refractivity contribution in [3.05, 3.63) is 0 Å². The number of ether oxygens (including phenoxy) is 2. The van der Waals surface area contributed by atoms with Crippen LogP contribution in [0.4, 0.5) is 0 Å². The molecule has 0 rings (SSSR count). The van der Waals surface area contributed by atoms with Crippen molar-refractivity contribution >= 4 is 29.4 Å². The van der Waals surface area contributed by atoms with E-state index in [0.717, 1.165) is 12.8 Å². The van der Waals surface area contributed by atoms with Gasteiger partial charge < -0.3 is 20.1 Å². The highest BCUT2D eigenvalue weighted by Crippen LogP contribution is 2.17. The minimum Gasteiger partial charge on any atom is -0.380 e. The van der Waals surface area contributed by atoms with Crippen LogP contribution in [0.25, 0.3) is 0 Å². The molecule has 176 valence electrons. The van der Waals surface area contributed by atoms with E-state index in [1.165, 1.54) is 11.8 Å². The summed E-state index contributed by atoms with van der Waals surface area (Å²) in [5, 5.41) is 5.11. The molecular formula is C22H42N2O5S. The second-order valence-electron chi connectivity index (χ2n) is 8.01. The molecule has 0 saturated carbocycles. The van der Waals surface area contributed by atoms with Crippen molar-refractivity contribution in [1.82, 2.24) is 10.6 Å². The van der Waals surface area contributed by atoms with Gasteiger partial charge in [0.05, 0.1) is 18.5 Å². The fourth-order valence-electron chi connectivity index (χ4n) is 2.35. The highest BCUT2D eigenvalue weighted by atomic mass is 32.2. The zero-order valence-corrected chi connectivity index (χ0v) is 20.3. The van der Waals surface area contributed by atoms with E-state index in [1.807, 2.05) is 13.8 Å². The Kier molecular flexibility index (Phi) is 17.9. The van der Waals surface area contributed by atoms with Crippen LogP contribution in [0.1, 0.15) is 60.3 Å². The number of thioether (sulfide) groups is 1. The van der Waals surface area contributed by atoms with Gasteiger partial charge in [-0.1, -0.05) is 41.0 Å². The summed E-state index contributed by atoms with van der Waals surface area (Å²) in [7, 11) is 0. The molecule has 0 saturated heterocycles. The van der Waals surface area contributed by atoms with E-state index in [1.54, 1.807) is 0 Å². The van der Waals surface area contributed by atoms with Crippen LogP contribution in [0, 0.1) is 11.8 Å². The molecule has 2 amide bonds. The van der Waals surface area contributed by atoms with Crippen LogP contribution < -0.4 is 10.6 Å². The first-order valence-electron chi connectivity index (χ1n) is 11.1. The van der Waals surface area contributed by atoms with E-state index in [-0.39, 0.29) is 29.9 Å². The first-order chi connectivity index (χ1) is 14.3. The summed E-state index contributed by atoms with van der Waals surface area (Å²) >= 11 is 1.36. The van der Waals surface area contributed by atoms with Crippen LogP contribution in [-0.4, -0.2) is 68.1 Å². The lowest BCUT2D eigenvalue weighted by Crippen LogP contribution is -2.39. The van der Waals surface area contributed by atoms with Crippen molar-refractivity contribution < 1.29 is 23.9 Å². The molecule has 2 N–H and O–H groups in total. The summed E-state index contributed by atoms with van der Waals surface area (Å²) in [4.78, 5) is 36.6. The largest absolute Gasteiger partial charge is 0.380 e. The summed E-state index contributed by atoms with van der Waals surface area (Å²) in [6.45, 7) is 13.0. The molecule has 0 aliphatic carbocycles. The van der Waals surface area contributed by atoms with Gasteiger partial charge in [0.15, 0.2) is 0 Å². The molecule has 0 radical (unpaired) electrons. The Morgan fingerprint density at radius 2 is 1.60 bits per heavy atom. The highest BCUT2D eigenvalue weighted by molar-refractivity contribution is 8.00. The minimum atomic E-state index is -0.531. The number of carbonyl (C=O) groups is 3. The van der Waals surface area contributed by atoms with E-state index in [4.69, 9.17) is 9.47 Å². The molecule has 0 aliphatic rings. The fourth-order valence-corrected chi connectivity index (χ4v) is 3.46. The summed E-state index contributed by atoms with van der Waals surface area (Å²) in [5.74, 6) is 0.723. The number of ketones is 1. The molecule has 0 aromatic heterocycles. The monoisotopic (exact) mass is 446 g/mol. The minimum absolute atomic E-state index is 0.0213. The van der Waals surface area contributed by atoms with Gasteiger partial charge in [0.2, 0.25) is 11.8 Å². The van der Waals surface area contributed by atoms with Gasteiger partial charge in [-0.25, -0.2) is 0 Å². The third kappa shape index (κ3) is 16.7. The van der Waals surface area contributed by atoms with E-state index < -0.39 is 5.25 Å². The highest BCUT2D eigenvalue weighted by Gasteiger charge is 2.22. The molecule has 0 aliphatic heterocycles. The van der Waals surface area contributed by atoms with Gasteiger partial charge in [-0.2, -0.15) is 0 Å². The van der Waals surface area contributed by atoms with E-state index in [9.17, 15) is 14.4 Å². The van der Waals surface area contributed by atoms with Gasteiger partial charge in [0.1, 0.15) is 5.78 Å². The van der Waals surface area contributed by atoms with Crippen LogP contribution in [0.2, 0.25) is 0 Å². The first-order valence-corrected chi connectivity index (χ1v) is 12.2. The molecular weight excluding hydrogens is 404 g/mol. The summed E-state index contributed by atoms with van der Waals surface area (Å²) < 4.78 is 10.9. The van der Waals surface area contributed by atoms with Crippen LogP contribution in [-0.2, 0) is 23.9 Å². The van der Waals surface area contributed by atoms with Crippen LogP contribution >= 0.6 is 11.8 Å². The molecule has 0 spiro atoms. The first kappa shape index (κ1) is 28.9. The summed E-state index contributed by atoms with van der Waals surface area (Å²) in [6, 6.07) is 0. The second-order valence-corrected chi connectivity index (χ2v) is 9.32. The predicted molar refractivity (Wildman–Crippen MR) is 123 cm³/mol. The third-order valence-corrected chi connectivity index (χ3v) is 5.41. The molecule has 0 heterocycles. The number of unbranched alkanes of at least 4 members (excludes halogenated alkanes) is 1. The van der Waals surface area contributed by atoms with Gasteiger partial charge in [-0.05, 0) is 12.3 Å². The molecule has 1 unspecified atom stereocenters. The average molecular weight is 447 g/mol. The van der Waals surface area contributed by atoms with Gasteiger partial charge in [0.25, 0.3) is 0 Å². The Balaban J connectivity index is 4.42. The Morgan fingerprint density at radius 1 is 0.933 bits per heavy atom. The molecule has 0 aromatic rings. The topological polar surface area (TPSA) is 93.7 Å². The van der Waals surface area contributed by atoms with Crippen molar-refractivity contribution in [2.24, 2.45) is 11.8 Å². The van der Waals surface area contributed by atoms with Crippen molar-refractivity contribution in [2.45, 2.75) is 65.6 Å². The maximum absolute atomic E-state index is 12.6.